The summed E-state index contributed by atoms with van der Waals surface area (Å²) in [7, 11) is -3.82. The van der Waals surface area contributed by atoms with Crippen molar-refractivity contribution in [3.63, 3.8) is 0 Å². The van der Waals surface area contributed by atoms with Gasteiger partial charge in [0.2, 0.25) is 0 Å². The van der Waals surface area contributed by atoms with E-state index in [1.807, 2.05) is 44.2 Å². The van der Waals surface area contributed by atoms with Gasteiger partial charge in [0, 0.05) is 17.3 Å². The molecule has 2 N–H and O–H groups in total. The van der Waals surface area contributed by atoms with Gasteiger partial charge in [0.05, 0.1) is 4.90 Å². The van der Waals surface area contributed by atoms with E-state index in [-0.39, 0.29) is 16.8 Å². The van der Waals surface area contributed by atoms with Crippen LogP contribution < -0.4 is 10.0 Å². The summed E-state index contributed by atoms with van der Waals surface area (Å²) in [5, 5.41) is 2.97. The van der Waals surface area contributed by atoms with Gasteiger partial charge in [-0.3, -0.25) is 9.52 Å². The van der Waals surface area contributed by atoms with Gasteiger partial charge in [-0.1, -0.05) is 54.1 Å². The van der Waals surface area contributed by atoms with Crippen molar-refractivity contribution in [1.29, 1.82) is 0 Å². The first-order chi connectivity index (χ1) is 14.7. The quantitative estimate of drug-likeness (QED) is 0.530. The second-order valence-electron chi connectivity index (χ2n) is 7.85. The van der Waals surface area contributed by atoms with E-state index in [4.69, 9.17) is 0 Å². The van der Waals surface area contributed by atoms with E-state index in [1.54, 1.807) is 31.2 Å². The number of carbonyl (C=O) groups is 1. The van der Waals surface area contributed by atoms with Crippen LogP contribution in [-0.2, 0) is 16.4 Å². The summed E-state index contributed by atoms with van der Waals surface area (Å²) in [4.78, 5) is 12.8. The minimum absolute atomic E-state index is 0.0419. The molecule has 0 fully saturated rings. The fourth-order valence-corrected chi connectivity index (χ4v) is 4.60. The molecule has 1 amide bonds. The third-order valence-corrected chi connectivity index (χ3v) is 6.65. The molecule has 0 saturated carbocycles. The molecule has 0 radical (unpaired) electrons. The Morgan fingerprint density at radius 3 is 2.29 bits per heavy atom. The van der Waals surface area contributed by atoms with Gasteiger partial charge >= 0.3 is 0 Å². The molecule has 0 heterocycles. The standard InChI is InChI=1S/C25H28N2O3S/c1-18-9-15-23(16-10-18)27-31(29,30)24-17-22(14-11-19(24)2)25(28)26-20(3)12-13-21-7-5-4-6-8-21/h4-11,14-17,20,27H,12-13H2,1-3H3,(H,26,28)/t20-/m1/s1. The molecule has 0 aliphatic rings. The van der Waals surface area contributed by atoms with Crippen molar-refractivity contribution < 1.29 is 13.2 Å². The minimum atomic E-state index is -3.82. The third-order valence-electron chi connectivity index (χ3n) is 5.13. The number of rotatable bonds is 8. The average Bonchev–Trinajstić information content (AvgIpc) is 2.74. The number of anilines is 1. The summed E-state index contributed by atoms with van der Waals surface area (Å²) >= 11 is 0. The number of hydrogen-bond donors (Lipinski definition) is 2. The van der Waals surface area contributed by atoms with Crippen molar-refractivity contribution >= 4 is 21.6 Å². The predicted octanol–water partition coefficient (Wildman–Crippen LogP) is 4.86. The summed E-state index contributed by atoms with van der Waals surface area (Å²) in [5.74, 6) is -0.285. The van der Waals surface area contributed by atoms with Crippen molar-refractivity contribution in [3.8, 4) is 0 Å². The van der Waals surface area contributed by atoms with Gasteiger partial charge in [0.15, 0.2) is 0 Å². The molecule has 0 spiro atoms. The number of sulfonamides is 1. The van der Waals surface area contributed by atoms with Crippen LogP contribution >= 0.6 is 0 Å². The molecule has 0 aliphatic carbocycles. The van der Waals surface area contributed by atoms with E-state index in [2.05, 4.69) is 22.2 Å². The van der Waals surface area contributed by atoms with Crippen LogP contribution in [0.2, 0.25) is 0 Å². The van der Waals surface area contributed by atoms with Gasteiger partial charge in [-0.05, 0) is 69.0 Å². The Morgan fingerprint density at radius 2 is 1.61 bits per heavy atom. The molecule has 162 valence electrons. The Kier molecular flexibility index (Phi) is 7.13. The van der Waals surface area contributed by atoms with Gasteiger partial charge in [0.25, 0.3) is 15.9 Å². The maximum atomic E-state index is 12.9. The lowest BCUT2D eigenvalue weighted by Gasteiger charge is -2.15. The van der Waals surface area contributed by atoms with Crippen molar-refractivity contribution in [2.24, 2.45) is 0 Å². The first kappa shape index (κ1) is 22.6. The zero-order valence-corrected chi connectivity index (χ0v) is 18.9. The molecule has 0 saturated heterocycles. The summed E-state index contributed by atoms with van der Waals surface area (Å²) in [6.07, 6.45) is 1.65. The molecule has 6 heteroatoms. The van der Waals surface area contributed by atoms with E-state index in [0.717, 1.165) is 18.4 Å². The Bertz CT molecular complexity index is 1140. The molecule has 0 aromatic heterocycles. The monoisotopic (exact) mass is 436 g/mol. The molecule has 1 atom stereocenters. The molecule has 3 aromatic carbocycles. The summed E-state index contributed by atoms with van der Waals surface area (Å²) in [6, 6.07) is 21.9. The predicted molar refractivity (Wildman–Crippen MR) is 125 cm³/mol. The number of aryl methyl sites for hydroxylation is 3. The second-order valence-corrected chi connectivity index (χ2v) is 9.50. The van der Waals surface area contributed by atoms with Crippen LogP contribution in [0.1, 0.15) is 40.4 Å². The Labute approximate surface area is 184 Å². The fraction of sp³-hybridized carbons (Fsp3) is 0.240. The van der Waals surface area contributed by atoms with Crippen molar-refractivity contribution in [2.45, 2.75) is 44.6 Å². The van der Waals surface area contributed by atoms with Crippen LogP contribution in [0, 0.1) is 13.8 Å². The van der Waals surface area contributed by atoms with Crippen LogP contribution in [0.25, 0.3) is 0 Å². The van der Waals surface area contributed by atoms with E-state index >= 15 is 0 Å². The zero-order valence-electron chi connectivity index (χ0n) is 18.1. The largest absolute Gasteiger partial charge is 0.350 e. The molecule has 3 rings (SSSR count). The Morgan fingerprint density at radius 1 is 0.935 bits per heavy atom. The zero-order chi connectivity index (χ0) is 22.4. The number of hydrogen-bond acceptors (Lipinski definition) is 3. The Balaban J connectivity index is 1.70. The second kappa shape index (κ2) is 9.79. The highest BCUT2D eigenvalue weighted by molar-refractivity contribution is 7.92. The molecular formula is C25H28N2O3S. The highest BCUT2D eigenvalue weighted by atomic mass is 32.2. The summed E-state index contributed by atoms with van der Waals surface area (Å²) < 4.78 is 28.4. The van der Waals surface area contributed by atoms with Gasteiger partial charge in [0.1, 0.15) is 0 Å². The van der Waals surface area contributed by atoms with Crippen LogP contribution in [0.5, 0.6) is 0 Å². The van der Waals surface area contributed by atoms with Gasteiger partial charge in [-0.25, -0.2) is 8.42 Å². The Hall–Kier alpha value is -3.12. The molecular weight excluding hydrogens is 408 g/mol. The van der Waals surface area contributed by atoms with Gasteiger partial charge in [-0.2, -0.15) is 0 Å². The lowest BCUT2D eigenvalue weighted by Crippen LogP contribution is -2.33. The molecule has 0 unspecified atom stereocenters. The third kappa shape index (κ3) is 6.18. The van der Waals surface area contributed by atoms with Crippen LogP contribution in [0.3, 0.4) is 0 Å². The highest BCUT2D eigenvalue weighted by Gasteiger charge is 2.20. The smallest absolute Gasteiger partial charge is 0.262 e. The topological polar surface area (TPSA) is 75.3 Å². The number of amides is 1. The average molecular weight is 437 g/mol. The van der Waals surface area contributed by atoms with E-state index in [9.17, 15) is 13.2 Å². The van der Waals surface area contributed by atoms with Crippen LogP contribution in [-0.4, -0.2) is 20.4 Å². The lowest BCUT2D eigenvalue weighted by atomic mass is 10.1. The number of benzene rings is 3. The van der Waals surface area contributed by atoms with Crippen LogP contribution in [0.4, 0.5) is 5.69 Å². The maximum absolute atomic E-state index is 12.9. The molecule has 0 bridgehead atoms. The van der Waals surface area contributed by atoms with E-state index in [1.165, 1.54) is 11.6 Å². The SMILES string of the molecule is Cc1ccc(NS(=O)(=O)c2cc(C(=O)N[C@H](C)CCc3ccccc3)ccc2C)cc1. The fourth-order valence-electron chi connectivity index (χ4n) is 3.27. The van der Waals surface area contributed by atoms with E-state index < -0.39 is 10.0 Å². The first-order valence-electron chi connectivity index (χ1n) is 10.3. The van der Waals surface area contributed by atoms with Crippen molar-refractivity contribution in [3.05, 3.63) is 95.1 Å². The lowest BCUT2D eigenvalue weighted by molar-refractivity contribution is 0.0938. The molecule has 5 nitrogen and oxygen atoms in total. The summed E-state index contributed by atoms with van der Waals surface area (Å²) in [5.41, 5.74) is 3.64. The molecule has 31 heavy (non-hydrogen) atoms. The number of carbonyl (C=O) groups excluding carboxylic acids is 1. The minimum Gasteiger partial charge on any atom is -0.350 e. The van der Waals surface area contributed by atoms with E-state index in [0.29, 0.717) is 16.8 Å². The normalized spacial score (nSPS) is 12.2. The molecule has 3 aromatic rings. The van der Waals surface area contributed by atoms with Gasteiger partial charge < -0.3 is 5.32 Å². The number of nitrogens with one attached hydrogen (secondary N) is 2. The first-order valence-corrected chi connectivity index (χ1v) is 11.8. The highest BCUT2D eigenvalue weighted by Crippen LogP contribution is 2.21. The molecule has 0 aliphatic heterocycles. The maximum Gasteiger partial charge on any atom is 0.262 e. The van der Waals surface area contributed by atoms with Crippen molar-refractivity contribution in [2.75, 3.05) is 4.72 Å². The summed E-state index contributed by atoms with van der Waals surface area (Å²) in [6.45, 7) is 5.60. The van der Waals surface area contributed by atoms with Gasteiger partial charge in [-0.15, -0.1) is 0 Å². The van der Waals surface area contributed by atoms with Crippen LogP contribution in [0.15, 0.2) is 77.7 Å². The van der Waals surface area contributed by atoms with Crippen molar-refractivity contribution in [1.82, 2.24) is 5.32 Å².